The van der Waals surface area contributed by atoms with Crippen molar-refractivity contribution in [2.24, 2.45) is 11.7 Å². The van der Waals surface area contributed by atoms with Crippen LogP contribution in [0.25, 0.3) is 0 Å². The Morgan fingerprint density at radius 2 is 2.05 bits per heavy atom. The van der Waals surface area contributed by atoms with Crippen LogP contribution in [0.2, 0.25) is 0 Å². The summed E-state index contributed by atoms with van der Waals surface area (Å²) in [7, 11) is 0. The lowest BCUT2D eigenvalue weighted by Gasteiger charge is -2.37. The molecule has 1 aromatic rings. The molecule has 1 heterocycles. The van der Waals surface area contributed by atoms with Crippen LogP contribution in [0.3, 0.4) is 0 Å². The van der Waals surface area contributed by atoms with Crippen LogP contribution < -0.4 is 10.6 Å². The zero-order valence-corrected chi connectivity index (χ0v) is 13.9. The Kier molecular flexibility index (Phi) is 6.56. The first-order valence-corrected chi connectivity index (χ1v) is 8.80. The highest BCUT2D eigenvalue weighted by atomic mass is 15.2. The molecule has 0 amide bonds. The normalized spacial score (nSPS) is 19.4. The summed E-state index contributed by atoms with van der Waals surface area (Å²) in [4.78, 5) is 2.63. The lowest BCUT2D eigenvalue weighted by molar-refractivity contribution is 0.404. The monoisotopic (exact) mass is 288 g/mol. The molecule has 2 atom stereocenters. The first-order valence-electron chi connectivity index (χ1n) is 8.80. The van der Waals surface area contributed by atoms with Gasteiger partial charge in [-0.2, -0.15) is 0 Å². The molecule has 0 aromatic heterocycles. The number of aryl methyl sites for hydroxylation is 1. The van der Waals surface area contributed by atoms with Gasteiger partial charge in [-0.25, -0.2) is 0 Å². The summed E-state index contributed by atoms with van der Waals surface area (Å²) in [6.45, 7) is 6.70. The van der Waals surface area contributed by atoms with Gasteiger partial charge in [0, 0.05) is 18.3 Å². The Labute approximate surface area is 130 Å². The molecule has 1 aromatic carbocycles. The number of fused-ring (bicyclic) bond motifs is 1. The van der Waals surface area contributed by atoms with Crippen molar-refractivity contribution in [1.82, 2.24) is 0 Å². The van der Waals surface area contributed by atoms with E-state index in [4.69, 9.17) is 5.73 Å². The van der Waals surface area contributed by atoms with Crippen LogP contribution in [0.5, 0.6) is 0 Å². The highest BCUT2D eigenvalue weighted by Gasteiger charge is 2.22. The fourth-order valence-electron chi connectivity index (χ4n) is 3.73. The van der Waals surface area contributed by atoms with Gasteiger partial charge in [-0.3, -0.25) is 0 Å². The van der Waals surface area contributed by atoms with E-state index < -0.39 is 0 Å². The Morgan fingerprint density at radius 1 is 1.24 bits per heavy atom. The maximum atomic E-state index is 5.75. The molecule has 1 aliphatic heterocycles. The van der Waals surface area contributed by atoms with Crippen molar-refractivity contribution in [3.05, 3.63) is 29.8 Å². The Morgan fingerprint density at radius 3 is 2.81 bits per heavy atom. The summed E-state index contributed by atoms with van der Waals surface area (Å²) in [5, 5.41) is 0. The smallest absolute Gasteiger partial charge is 0.0401 e. The Bertz CT molecular complexity index is 410. The second-order valence-electron chi connectivity index (χ2n) is 6.58. The molecule has 0 aliphatic carbocycles. The fraction of sp³-hybridized carbons (Fsp3) is 0.684. The number of hydrogen-bond donors (Lipinski definition) is 1. The number of nitrogens with two attached hydrogens (primary N) is 1. The van der Waals surface area contributed by atoms with Crippen LogP contribution in [-0.4, -0.2) is 19.1 Å². The van der Waals surface area contributed by atoms with Crippen molar-refractivity contribution in [2.45, 2.75) is 64.8 Å². The molecular weight excluding hydrogens is 256 g/mol. The topological polar surface area (TPSA) is 29.3 Å². The summed E-state index contributed by atoms with van der Waals surface area (Å²) in [5.74, 6) is 0.829. The van der Waals surface area contributed by atoms with Gasteiger partial charge in [-0.1, -0.05) is 38.0 Å². The molecular formula is C19H32N2. The van der Waals surface area contributed by atoms with Crippen molar-refractivity contribution < 1.29 is 0 Å². The predicted molar refractivity (Wildman–Crippen MR) is 92.9 cm³/mol. The van der Waals surface area contributed by atoms with E-state index in [1.54, 1.807) is 0 Å². The SMILES string of the molecule is CCCC(CCN)CCCN1c2ccccc2CCC1C. The molecule has 0 spiro atoms. The summed E-state index contributed by atoms with van der Waals surface area (Å²) >= 11 is 0. The number of nitrogens with zero attached hydrogens (tertiary/aromatic N) is 1. The molecule has 0 fully saturated rings. The van der Waals surface area contributed by atoms with E-state index in [-0.39, 0.29) is 0 Å². The molecule has 2 unspecified atom stereocenters. The van der Waals surface area contributed by atoms with Crippen LogP contribution in [0.15, 0.2) is 24.3 Å². The zero-order valence-electron chi connectivity index (χ0n) is 13.9. The lowest BCUT2D eigenvalue weighted by atomic mass is 9.93. The maximum Gasteiger partial charge on any atom is 0.0401 e. The first kappa shape index (κ1) is 16.4. The third kappa shape index (κ3) is 4.47. The second-order valence-corrected chi connectivity index (χ2v) is 6.58. The van der Waals surface area contributed by atoms with E-state index in [0.29, 0.717) is 6.04 Å². The number of anilines is 1. The largest absolute Gasteiger partial charge is 0.369 e. The third-order valence-electron chi connectivity index (χ3n) is 4.95. The van der Waals surface area contributed by atoms with Gasteiger partial charge in [0.1, 0.15) is 0 Å². The van der Waals surface area contributed by atoms with Crippen molar-refractivity contribution in [2.75, 3.05) is 18.0 Å². The molecule has 1 aliphatic rings. The standard InChI is InChI=1S/C19H32N2/c1-3-7-17(13-14-20)8-6-15-21-16(2)11-12-18-9-4-5-10-19(18)21/h4-5,9-10,16-17H,3,6-8,11-15,20H2,1-2H3. The van der Waals surface area contributed by atoms with Crippen molar-refractivity contribution in [3.8, 4) is 0 Å². The highest BCUT2D eigenvalue weighted by Crippen LogP contribution is 2.31. The van der Waals surface area contributed by atoms with Crippen molar-refractivity contribution in [3.63, 3.8) is 0 Å². The fourth-order valence-corrected chi connectivity index (χ4v) is 3.73. The molecule has 0 saturated heterocycles. The summed E-state index contributed by atoms with van der Waals surface area (Å²) in [6, 6.07) is 9.62. The van der Waals surface area contributed by atoms with Crippen molar-refractivity contribution >= 4 is 5.69 Å². The van der Waals surface area contributed by atoms with Gasteiger partial charge in [0.2, 0.25) is 0 Å². The molecule has 2 heteroatoms. The summed E-state index contributed by atoms with van der Waals surface area (Å²) in [5.41, 5.74) is 8.75. The van der Waals surface area contributed by atoms with Gasteiger partial charge in [0.15, 0.2) is 0 Å². The molecule has 21 heavy (non-hydrogen) atoms. The molecule has 0 saturated carbocycles. The number of para-hydroxylation sites is 1. The number of hydrogen-bond acceptors (Lipinski definition) is 2. The van der Waals surface area contributed by atoms with Crippen LogP contribution in [0.4, 0.5) is 5.69 Å². The van der Waals surface area contributed by atoms with E-state index in [1.165, 1.54) is 62.7 Å². The summed E-state index contributed by atoms with van der Waals surface area (Å²) < 4.78 is 0. The molecule has 2 nitrogen and oxygen atoms in total. The van der Waals surface area contributed by atoms with E-state index in [1.807, 2.05) is 0 Å². The molecule has 0 radical (unpaired) electrons. The Hall–Kier alpha value is -1.02. The van der Waals surface area contributed by atoms with E-state index in [9.17, 15) is 0 Å². The van der Waals surface area contributed by atoms with E-state index >= 15 is 0 Å². The van der Waals surface area contributed by atoms with Crippen LogP contribution in [0.1, 0.15) is 57.9 Å². The zero-order chi connectivity index (χ0) is 15.1. The van der Waals surface area contributed by atoms with E-state index in [2.05, 4.69) is 43.0 Å². The van der Waals surface area contributed by atoms with Crippen LogP contribution >= 0.6 is 0 Å². The van der Waals surface area contributed by atoms with Gasteiger partial charge < -0.3 is 10.6 Å². The number of rotatable bonds is 8. The predicted octanol–water partition coefficient (Wildman–Crippen LogP) is 4.37. The average Bonchev–Trinajstić information content (AvgIpc) is 2.50. The average molecular weight is 288 g/mol. The van der Waals surface area contributed by atoms with Gasteiger partial charge in [0.25, 0.3) is 0 Å². The first-order chi connectivity index (χ1) is 10.3. The quantitative estimate of drug-likeness (QED) is 0.769. The summed E-state index contributed by atoms with van der Waals surface area (Å²) in [6.07, 6.45) is 8.97. The Balaban J connectivity index is 1.90. The van der Waals surface area contributed by atoms with Crippen molar-refractivity contribution in [1.29, 1.82) is 0 Å². The molecule has 2 N–H and O–H groups in total. The molecule has 0 bridgehead atoms. The van der Waals surface area contributed by atoms with Gasteiger partial charge >= 0.3 is 0 Å². The van der Waals surface area contributed by atoms with E-state index in [0.717, 1.165) is 12.5 Å². The number of benzene rings is 1. The van der Waals surface area contributed by atoms with Gasteiger partial charge in [0.05, 0.1) is 0 Å². The minimum atomic E-state index is 0.680. The van der Waals surface area contributed by atoms with Gasteiger partial charge in [-0.05, 0) is 63.1 Å². The minimum absolute atomic E-state index is 0.680. The van der Waals surface area contributed by atoms with Crippen LogP contribution in [0, 0.1) is 5.92 Å². The van der Waals surface area contributed by atoms with Crippen LogP contribution in [-0.2, 0) is 6.42 Å². The minimum Gasteiger partial charge on any atom is -0.369 e. The lowest BCUT2D eigenvalue weighted by Crippen LogP contribution is -2.38. The third-order valence-corrected chi connectivity index (χ3v) is 4.95. The van der Waals surface area contributed by atoms with Gasteiger partial charge in [-0.15, -0.1) is 0 Å². The molecule has 118 valence electrons. The second kappa shape index (κ2) is 8.43. The highest BCUT2D eigenvalue weighted by molar-refractivity contribution is 5.56. The molecule has 2 rings (SSSR count). The maximum absolute atomic E-state index is 5.75.